The van der Waals surface area contributed by atoms with Gasteiger partial charge in [-0.25, -0.2) is 15.0 Å². The van der Waals surface area contributed by atoms with Crippen LogP contribution in [0.2, 0.25) is 5.02 Å². The van der Waals surface area contributed by atoms with Crippen LogP contribution < -0.4 is 0 Å². The zero-order valence-corrected chi connectivity index (χ0v) is 13.6. The third kappa shape index (κ3) is 2.21. The second kappa shape index (κ2) is 5.16. The van der Waals surface area contributed by atoms with Crippen molar-refractivity contribution in [1.29, 1.82) is 0 Å². The minimum absolute atomic E-state index is 0.587. The minimum Gasteiger partial charge on any atom is -0.428 e. The molecule has 120 valence electrons. The number of fused-ring (bicyclic) bond motifs is 3. The molecule has 6 heteroatoms. The largest absolute Gasteiger partial charge is 0.428 e. The molecule has 0 fully saturated rings. The van der Waals surface area contributed by atoms with Gasteiger partial charge in [0.2, 0.25) is 0 Å². The summed E-state index contributed by atoms with van der Waals surface area (Å²) in [6.07, 6.45) is 0. The molecule has 0 aliphatic heterocycles. The first-order valence-corrected chi connectivity index (χ1v) is 8.11. The van der Waals surface area contributed by atoms with E-state index < -0.39 is 0 Å². The van der Waals surface area contributed by atoms with Crippen molar-refractivity contribution in [3.05, 3.63) is 65.7 Å². The van der Waals surface area contributed by atoms with Gasteiger partial charge in [0.25, 0.3) is 0 Å². The number of imidazole rings is 1. The second-order valence-corrected chi connectivity index (χ2v) is 6.24. The topological polar surface area (TPSA) is 63.8 Å². The van der Waals surface area contributed by atoms with E-state index in [-0.39, 0.29) is 0 Å². The first-order chi connectivity index (χ1) is 12.2. The molecule has 2 heterocycles. The molecule has 0 spiro atoms. The first-order valence-electron chi connectivity index (χ1n) is 7.73. The van der Waals surface area contributed by atoms with E-state index in [9.17, 15) is 5.21 Å². The van der Waals surface area contributed by atoms with Crippen molar-refractivity contribution in [2.24, 2.45) is 0 Å². The molecule has 0 aliphatic rings. The third-order valence-electron chi connectivity index (χ3n) is 4.19. The Morgan fingerprint density at radius 2 is 1.52 bits per heavy atom. The van der Waals surface area contributed by atoms with Crippen LogP contribution in [-0.2, 0) is 0 Å². The van der Waals surface area contributed by atoms with Gasteiger partial charge in [0.15, 0.2) is 5.82 Å². The molecule has 0 atom stereocenters. The molecule has 0 saturated carbocycles. The highest BCUT2D eigenvalue weighted by molar-refractivity contribution is 6.30. The van der Waals surface area contributed by atoms with Crippen LogP contribution in [0.1, 0.15) is 0 Å². The summed E-state index contributed by atoms with van der Waals surface area (Å²) in [5.41, 5.74) is 4.88. The zero-order valence-electron chi connectivity index (χ0n) is 12.9. The molecule has 0 saturated heterocycles. The van der Waals surface area contributed by atoms with Crippen molar-refractivity contribution in [3.63, 3.8) is 0 Å². The number of aromatic nitrogens is 4. The molecule has 0 unspecified atom stereocenters. The van der Waals surface area contributed by atoms with Gasteiger partial charge in [-0.05, 0) is 36.4 Å². The second-order valence-electron chi connectivity index (χ2n) is 5.80. The molecule has 1 N–H and O–H groups in total. The summed E-state index contributed by atoms with van der Waals surface area (Å²) in [4.78, 5) is 13.8. The summed E-state index contributed by atoms with van der Waals surface area (Å²) in [5, 5.41) is 11.2. The lowest BCUT2D eigenvalue weighted by atomic mass is 10.2. The summed E-state index contributed by atoms with van der Waals surface area (Å²) >= 11 is 6.06. The maximum Gasteiger partial charge on any atom is 0.160 e. The lowest BCUT2D eigenvalue weighted by molar-refractivity contribution is 0.211. The van der Waals surface area contributed by atoms with Gasteiger partial charge >= 0.3 is 0 Å². The highest BCUT2D eigenvalue weighted by Gasteiger charge is 2.12. The number of rotatable bonds is 1. The fraction of sp³-hybridized carbons (Fsp3) is 0. The lowest BCUT2D eigenvalue weighted by Gasteiger charge is -2.07. The van der Waals surface area contributed by atoms with Crippen molar-refractivity contribution in [2.75, 3.05) is 0 Å². The Bertz CT molecular complexity index is 1280. The maximum atomic E-state index is 10.5. The predicted molar refractivity (Wildman–Crippen MR) is 98.0 cm³/mol. The Hall–Kier alpha value is -3.18. The van der Waals surface area contributed by atoms with Crippen LogP contribution in [0.15, 0.2) is 60.7 Å². The summed E-state index contributed by atoms with van der Waals surface area (Å²) in [6.45, 7) is 0. The average Bonchev–Trinajstić information content (AvgIpc) is 3.03. The van der Waals surface area contributed by atoms with Gasteiger partial charge < -0.3 is 5.21 Å². The molecular formula is C19H11ClN4O. The highest BCUT2D eigenvalue weighted by atomic mass is 35.5. The van der Waals surface area contributed by atoms with Gasteiger partial charge in [-0.1, -0.05) is 35.9 Å². The van der Waals surface area contributed by atoms with Crippen LogP contribution in [-0.4, -0.2) is 24.9 Å². The number of nitrogens with zero attached hydrogens (tertiary/aromatic N) is 4. The van der Waals surface area contributed by atoms with E-state index >= 15 is 0 Å². The van der Waals surface area contributed by atoms with Gasteiger partial charge in [0.05, 0.1) is 22.1 Å². The van der Waals surface area contributed by atoms with Crippen molar-refractivity contribution < 1.29 is 5.21 Å². The third-order valence-corrected chi connectivity index (χ3v) is 4.42. The smallest absolute Gasteiger partial charge is 0.160 e. The molecule has 2 aromatic heterocycles. The van der Waals surface area contributed by atoms with Crippen LogP contribution in [0, 0.1) is 0 Å². The number of para-hydroxylation sites is 2. The Morgan fingerprint density at radius 3 is 2.36 bits per heavy atom. The van der Waals surface area contributed by atoms with Gasteiger partial charge in [0.1, 0.15) is 11.0 Å². The maximum absolute atomic E-state index is 10.5. The monoisotopic (exact) mass is 346 g/mol. The molecule has 0 bridgehead atoms. The quantitative estimate of drug-likeness (QED) is 0.353. The molecule has 25 heavy (non-hydrogen) atoms. The van der Waals surface area contributed by atoms with Crippen molar-refractivity contribution >= 4 is 44.7 Å². The van der Waals surface area contributed by atoms with E-state index in [2.05, 4.69) is 15.0 Å². The van der Waals surface area contributed by atoms with Crippen molar-refractivity contribution in [1.82, 2.24) is 19.7 Å². The number of halogens is 1. The summed E-state index contributed by atoms with van der Waals surface area (Å²) in [5.74, 6) is 0.599. The Balaban J connectivity index is 1.80. The van der Waals surface area contributed by atoms with Crippen LogP contribution in [0.25, 0.3) is 44.5 Å². The van der Waals surface area contributed by atoms with E-state index in [0.717, 1.165) is 15.8 Å². The van der Waals surface area contributed by atoms with E-state index in [0.29, 0.717) is 38.4 Å². The van der Waals surface area contributed by atoms with Crippen LogP contribution in [0.3, 0.4) is 0 Å². The molecule has 0 aliphatic carbocycles. The molecule has 0 amide bonds. The number of hydrogen-bond donors (Lipinski definition) is 1. The summed E-state index contributed by atoms with van der Waals surface area (Å²) in [6, 6.07) is 18.5. The number of benzene rings is 3. The Morgan fingerprint density at radius 1 is 0.720 bits per heavy atom. The lowest BCUT2D eigenvalue weighted by Crippen LogP contribution is -1.99. The van der Waals surface area contributed by atoms with Gasteiger partial charge in [0, 0.05) is 10.6 Å². The highest BCUT2D eigenvalue weighted by Crippen LogP contribution is 2.27. The van der Waals surface area contributed by atoms with E-state index in [1.807, 2.05) is 54.6 Å². The fourth-order valence-corrected chi connectivity index (χ4v) is 3.19. The van der Waals surface area contributed by atoms with Gasteiger partial charge in [-0.2, -0.15) is 4.73 Å². The molecule has 0 radical (unpaired) electrons. The van der Waals surface area contributed by atoms with E-state index in [4.69, 9.17) is 11.6 Å². The van der Waals surface area contributed by atoms with Crippen LogP contribution in [0.5, 0.6) is 0 Å². The SMILES string of the molecule is On1c2ccccc2nc2cc3nc(-c4cccc(Cl)c4)nc3cc21. The standard InChI is InChI=1S/C19H11ClN4O/c20-12-5-3-4-11(8-12)19-22-14-9-16-18(10-15(14)23-19)24(25)17-7-2-1-6-13(17)21-16/h1-10,25H. The van der Waals surface area contributed by atoms with Crippen LogP contribution >= 0.6 is 11.6 Å². The Labute approximate surface area is 147 Å². The van der Waals surface area contributed by atoms with Crippen molar-refractivity contribution in [2.45, 2.75) is 0 Å². The normalized spacial score (nSPS) is 11.6. The van der Waals surface area contributed by atoms with Crippen molar-refractivity contribution in [3.8, 4) is 11.4 Å². The fourth-order valence-electron chi connectivity index (χ4n) is 3.00. The molecule has 3 aromatic carbocycles. The predicted octanol–water partition coefficient (Wildman–Crippen LogP) is 4.69. The average molecular weight is 347 g/mol. The minimum atomic E-state index is 0.587. The molecule has 5 aromatic rings. The first kappa shape index (κ1) is 14.2. The van der Waals surface area contributed by atoms with Crippen LogP contribution in [0.4, 0.5) is 0 Å². The molecule has 5 rings (SSSR count). The Kier molecular flexibility index (Phi) is 2.93. The summed E-state index contributed by atoms with van der Waals surface area (Å²) < 4.78 is 1.14. The number of hydrogen-bond acceptors (Lipinski definition) is 4. The zero-order chi connectivity index (χ0) is 17.0. The van der Waals surface area contributed by atoms with Gasteiger partial charge in [-0.15, -0.1) is 0 Å². The molecular weight excluding hydrogens is 336 g/mol. The molecule has 5 nitrogen and oxygen atoms in total. The summed E-state index contributed by atoms with van der Waals surface area (Å²) in [7, 11) is 0. The van der Waals surface area contributed by atoms with E-state index in [1.54, 1.807) is 6.07 Å². The van der Waals surface area contributed by atoms with E-state index in [1.165, 1.54) is 0 Å². The van der Waals surface area contributed by atoms with Gasteiger partial charge in [-0.3, -0.25) is 0 Å².